The number of carbonyl (C=O) groups excluding carboxylic acids is 1. The molecule has 4 aromatic heterocycles. The minimum atomic E-state index is -2.87. The van der Waals surface area contributed by atoms with Gasteiger partial charge in [-0.3, -0.25) is 4.79 Å². The summed E-state index contributed by atoms with van der Waals surface area (Å²) < 4.78 is 33.4. The Balaban J connectivity index is 0.000000371. The maximum atomic E-state index is 13.6. The van der Waals surface area contributed by atoms with Crippen molar-refractivity contribution in [3.05, 3.63) is 42.4 Å². The highest BCUT2D eigenvalue weighted by molar-refractivity contribution is 6.01. The molecule has 1 aliphatic heterocycles. The van der Waals surface area contributed by atoms with Crippen molar-refractivity contribution >= 4 is 28.4 Å². The van der Waals surface area contributed by atoms with E-state index in [1.54, 1.807) is 25.5 Å². The van der Waals surface area contributed by atoms with Gasteiger partial charge in [-0.25, -0.2) is 18.7 Å². The molecule has 6 rings (SSSR count). The number of carbonyl (C=O) groups is 1. The number of hydrogen-bond donors (Lipinski definition) is 4. The number of hydrogen-bond acceptors (Lipinski definition) is 7. The molecular formula is C23H25F2N7O3. The zero-order valence-corrected chi connectivity index (χ0v) is 19.0. The molecule has 4 aromatic rings. The quantitative estimate of drug-likeness (QED) is 0.350. The molecule has 1 saturated carbocycles. The molecule has 0 bridgehead atoms. The van der Waals surface area contributed by atoms with Crippen molar-refractivity contribution in [3.63, 3.8) is 0 Å². The van der Waals surface area contributed by atoms with Crippen LogP contribution >= 0.6 is 0 Å². The molecule has 1 amide bonds. The van der Waals surface area contributed by atoms with Crippen LogP contribution in [0.2, 0.25) is 0 Å². The number of aromatic nitrogens is 5. The van der Waals surface area contributed by atoms with Gasteiger partial charge in [0.2, 0.25) is 0 Å². The highest BCUT2D eigenvalue weighted by atomic mass is 19.3. The second-order valence-electron chi connectivity index (χ2n) is 8.52. The van der Waals surface area contributed by atoms with Crippen molar-refractivity contribution in [1.82, 2.24) is 29.9 Å². The van der Waals surface area contributed by atoms with Crippen LogP contribution in [0, 0.1) is 0 Å². The first kappa shape index (κ1) is 23.1. The van der Waals surface area contributed by atoms with Crippen molar-refractivity contribution in [2.75, 3.05) is 25.6 Å². The van der Waals surface area contributed by atoms with E-state index in [0.717, 1.165) is 24.0 Å². The summed E-state index contributed by atoms with van der Waals surface area (Å²) >= 11 is 0. The number of aliphatic hydroxyl groups excluding tert-OH is 1. The molecule has 4 N–H and O–H groups in total. The Morgan fingerprint density at radius 1 is 1.37 bits per heavy atom. The number of pyridine rings is 1. The van der Waals surface area contributed by atoms with E-state index in [9.17, 15) is 13.6 Å². The van der Waals surface area contributed by atoms with Crippen molar-refractivity contribution < 1.29 is 23.4 Å². The van der Waals surface area contributed by atoms with E-state index in [2.05, 4.69) is 30.7 Å². The molecule has 1 saturated heterocycles. The van der Waals surface area contributed by atoms with Crippen LogP contribution in [-0.4, -0.2) is 73.9 Å². The van der Waals surface area contributed by atoms with Gasteiger partial charge in [0.25, 0.3) is 11.8 Å². The number of aromatic amines is 1. The fourth-order valence-corrected chi connectivity index (χ4v) is 4.05. The number of anilines is 1. The number of alkyl halides is 2. The Morgan fingerprint density at radius 3 is 2.86 bits per heavy atom. The predicted octanol–water partition coefficient (Wildman–Crippen LogP) is 2.61. The summed E-state index contributed by atoms with van der Waals surface area (Å²) in [6.45, 7) is 1.28. The molecule has 12 heteroatoms. The lowest BCUT2D eigenvalue weighted by Gasteiger charge is -2.36. The molecule has 0 aromatic carbocycles. The molecule has 0 spiro atoms. The number of nitrogens with zero attached hydrogens (tertiary/aromatic N) is 4. The SMILES string of the molecule is CNc1cc(-c2c[nH]c3ncccc23)nc2c(C(=O)NC3CCC3(F)F)cnn12.OC1CCOC1. The lowest BCUT2D eigenvalue weighted by Crippen LogP contribution is -2.55. The fraction of sp³-hybridized carbons (Fsp3) is 0.391. The van der Waals surface area contributed by atoms with E-state index in [4.69, 9.17) is 9.84 Å². The van der Waals surface area contributed by atoms with E-state index in [1.807, 2.05) is 12.1 Å². The van der Waals surface area contributed by atoms with E-state index in [-0.39, 0.29) is 30.2 Å². The van der Waals surface area contributed by atoms with Crippen LogP contribution in [-0.2, 0) is 4.74 Å². The summed E-state index contributed by atoms with van der Waals surface area (Å²) in [5, 5.41) is 19.1. The van der Waals surface area contributed by atoms with E-state index in [1.165, 1.54) is 10.7 Å². The third-order valence-corrected chi connectivity index (χ3v) is 6.19. The molecule has 184 valence electrons. The monoisotopic (exact) mass is 485 g/mol. The van der Waals surface area contributed by atoms with Crippen molar-refractivity contribution in [1.29, 1.82) is 0 Å². The van der Waals surface area contributed by atoms with Gasteiger partial charge in [-0.2, -0.15) is 9.61 Å². The summed E-state index contributed by atoms with van der Waals surface area (Å²) in [6, 6.07) is 4.39. The molecule has 35 heavy (non-hydrogen) atoms. The van der Waals surface area contributed by atoms with Gasteiger partial charge in [-0.15, -0.1) is 0 Å². The second kappa shape index (κ2) is 9.19. The third kappa shape index (κ3) is 4.42. The second-order valence-corrected chi connectivity index (χ2v) is 8.52. The van der Waals surface area contributed by atoms with Gasteiger partial charge in [0, 0.05) is 49.5 Å². The van der Waals surface area contributed by atoms with Crippen LogP contribution in [0.15, 0.2) is 36.8 Å². The van der Waals surface area contributed by atoms with Gasteiger partial charge in [0.15, 0.2) is 5.65 Å². The first-order valence-electron chi connectivity index (χ1n) is 11.3. The minimum Gasteiger partial charge on any atom is -0.391 e. The van der Waals surface area contributed by atoms with Gasteiger partial charge in [-0.1, -0.05) is 0 Å². The zero-order valence-electron chi connectivity index (χ0n) is 19.0. The molecule has 5 heterocycles. The number of ether oxygens (including phenoxy) is 1. The van der Waals surface area contributed by atoms with Gasteiger partial charge >= 0.3 is 0 Å². The Hall–Kier alpha value is -3.64. The van der Waals surface area contributed by atoms with Gasteiger partial charge in [0.1, 0.15) is 17.0 Å². The summed E-state index contributed by atoms with van der Waals surface area (Å²) in [5.41, 5.74) is 2.55. The highest BCUT2D eigenvalue weighted by Crippen LogP contribution is 2.37. The van der Waals surface area contributed by atoms with Crippen LogP contribution in [0.5, 0.6) is 0 Å². The molecule has 2 unspecified atom stereocenters. The zero-order chi connectivity index (χ0) is 24.6. The average Bonchev–Trinajstić information content (AvgIpc) is 3.61. The summed E-state index contributed by atoms with van der Waals surface area (Å²) in [7, 11) is 1.73. The molecule has 1 aliphatic carbocycles. The summed E-state index contributed by atoms with van der Waals surface area (Å²) in [5.74, 6) is -2.88. The van der Waals surface area contributed by atoms with Crippen molar-refractivity contribution in [3.8, 4) is 11.3 Å². The summed E-state index contributed by atoms with van der Waals surface area (Å²) in [4.78, 5) is 24.6. The number of fused-ring (bicyclic) bond motifs is 2. The Morgan fingerprint density at radius 2 is 2.23 bits per heavy atom. The van der Waals surface area contributed by atoms with Crippen LogP contribution in [0.25, 0.3) is 27.9 Å². The Kier molecular flexibility index (Phi) is 6.07. The topological polar surface area (TPSA) is 129 Å². The highest BCUT2D eigenvalue weighted by Gasteiger charge is 2.49. The fourth-order valence-electron chi connectivity index (χ4n) is 4.05. The van der Waals surface area contributed by atoms with Crippen LogP contribution in [0.4, 0.5) is 14.6 Å². The number of nitrogens with one attached hydrogen (secondary N) is 3. The standard InChI is InChI=1S/C19H17F2N7O.C4H8O2/c1-22-15-7-13(11-8-24-16-10(11)3-2-6-23-16)26-17-12(9-25-28(15)17)18(29)27-14-4-5-19(14,20)21;5-4-1-2-6-3-4/h2-3,6-9,14,22H,4-5H2,1H3,(H,23,24)(H,27,29);4-5H,1-3H2. The lowest BCUT2D eigenvalue weighted by atomic mass is 9.88. The van der Waals surface area contributed by atoms with E-state index < -0.39 is 17.9 Å². The van der Waals surface area contributed by atoms with Gasteiger partial charge in [-0.05, 0) is 25.0 Å². The first-order chi connectivity index (χ1) is 16.9. The smallest absolute Gasteiger partial charge is 0.267 e. The predicted molar refractivity (Wildman–Crippen MR) is 124 cm³/mol. The molecule has 2 aliphatic rings. The van der Waals surface area contributed by atoms with Crippen molar-refractivity contribution in [2.45, 2.75) is 37.3 Å². The maximum Gasteiger partial charge on any atom is 0.267 e. The molecule has 10 nitrogen and oxygen atoms in total. The Bertz CT molecular complexity index is 1360. The maximum absolute atomic E-state index is 13.6. The normalized spacial score (nSPS) is 20.8. The number of rotatable bonds is 4. The molecule has 2 fully saturated rings. The number of H-pyrrole nitrogens is 1. The van der Waals surface area contributed by atoms with Crippen molar-refractivity contribution in [2.24, 2.45) is 0 Å². The molecular weight excluding hydrogens is 460 g/mol. The molecule has 2 atom stereocenters. The van der Waals surface area contributed by atoms with E-state index in [0.29, 0.717) is 23.8 Å². The largest absolute Gasteiger partial charge is 0.391 e. The number of amides is 1. The third-order valence-electron chi connectivity index (χ3n) is 6.19. The summed E-state index contributed by atoms with van der Waals surface area (Å²) in [6.07, 6.45) is 5.50. The molecule has 0 radical (unpaired) electrons. The first-order valence-corrected chi connectivity index (χ1v) is 11.3. The average molecular weight is 485 g/mol. The van der Waals surface area contributed by atoms with Crippen LogP contribution < -0.4 is 10.6 Å². The van der Waals surface area contributed by atoms with Crippen LogP contribution in [0.3, 0.4) is 0 Å². The number of aliphatic hydroxyl groups is 1. The van der Waals surface area contributed by atoms with Gasteiger partial charge < -0.3 is 25.5 Å². The Labute approximate surface area is 198 Å². The number of halogens is 2. The minimum absolute atomic E-state index is 0.143. The van der Waals surface area contributed by atoms with Gasteiger partial charge in [0.05, 0.1) is 30.6 Å². The lowest BCUT2D eigenvalue weighted by molar-refractivity contribution is -0.102. The van der Waals surface area contributed by atoms with Crippen LogP contribution in [0.1, 0.15) is 29.6 Å². The van der Waals surface area contributed by atoms with E-state index >= 15 is 0 Å².